The predicted molar refractivity (Wildman–Crippen MR) is 100 cm³/mol. The van der Waals surface area contributed by atoms with Crippen molar-refractivity contribution in [1.82, 2.24) is 10.2 Å². The van der Waals surface area contributed by atoms with Gasteiger partial charge >= 0.3 is 0 Å². The number of benzene rings is 2. The lowest BCUT2D eigenvalue weighted by molar-refractivity contribution is 0.0697. The molecular weight excluding hydrogens is 328 g/mol. The predicted octanol–water partition coefficient (Wildman–Crippen LogP) is 3.04. The summed E-state index contributed by atoms with van der Waals surface area (Å²) >= 11 is 0. The minimum absolute atomic E-state index is 0.0640. The lowest BCUT2D eigenvalue weighted by atomic mass is 10.0. The third-order valence-corrected chi connectivity index (χ3v) is 4.98. The van der Waals surface area contributed by atoms with Crippen LogP contribution in [0.5, 0.6) is 5.75 Å². The smallest absolute Gasteiger partial charge is 0.253 e. The first kappa shape index (κ1) is 18.0. The molecule has 5 nitrogen and oxygen atoms in total. The van der Waals surface area contributed by atoms with Crippen molar-refractivity contribution in [3.63, 3.8) is 0 Å². The van der Waals surface area contributed by atoms with Crippen molar-refractivity contribution in [2.45, 2.75) is 32.7 Å². The summed E-state index contributed by atoms with van der Waals surface area (Å²) in [7, 11) is 0. The van der Waals surface area contributed by atoms with E-state index in [1.54, 1.807) is 23.1 Å². The molecule has 136 valence electrons. The molecular formula is C21H24N2O3. The maximum atomic E-state index is 12.5. The lowest BCUT2D eigenvalue weighted by Crippen LogP contribution is -2.46. The van der Waals surface area contributed by atoms with E-state index in [2.05, 4.69) is 5.32 Å². The van der Waals surface area contributed by atoms with Crippen molar-refractivity contribution < 1.29 is 14.7 Å². The SMILES string of the molecule is Cc1ccc(C(=O)NC2CCN(C(=O)c3cccc(O)c3)CC2)cc1C. The van der Waals surface area contributed by atoms with Gasteiger partial charge in [0.1, 0.15) is 5.75 Å². The number of rotatable bonds is 3. The van der Waals surface area contributed by atoms with Gasteiger partial charge in [0, 0.05) is 30.3 Å². The van der Waals surface area contributed by atoms with E-state index in [-0.39, 0.29) is 23.6 Å². The van der Waals surface area contributed by atoms with Crippen LogP contribution in [0.2, 0.25) is 0 Å². The second-order valence-corrected chi connectivity index (χ2v) is 6.89. The monoisotopic (exact) mass is 352 g/mol. The molecule has 1 saturated heterocycles. The Morgan fingerprint density at radius 1 is 1.00 bits per heavy atom. The van der Waals surface area contributed by atoms with E-state index in [1.807, 2.05) is 32.0 Å². The van der Waals surface area contributed by atoms with Crippen LogP contribution < -0.4 is 5.32 Å². The highest BCUT2D eigenvalue weighted by Gasteiger charge is 2.25. The lowest BCUT2D eigenvalue weighted by Gasteiger charge is -2.32. The van der Waals surface area contributed by atoms with Gasteiger partial charge in [0.05, 0.1) is 0 Å². The zero-order valence-corrected chi connectivity index (χ0v) is 15.2. The average Bonchev–Trinajstić information content (AvgIpc) is 2.64. The Balaban J connectivity index is 1.55. The van der Waals surface area contributed by atoms with Crippen molar-refractivity contribution >= 4 is 11.8 Å². The van der Waals surface area contributed by atoms with Gasteiger partial charge in [-0.2, -0.15) is 0 Å². The number of hydrogen-bond acceptors (Lipinski definition) is 3. The quantitative estimate of drug-likeness (QED) is 0.892. The Kier molecular flexibility index (Phi) is 5.26. The highest BCUT2D eigenvalue weighted by Crippen LogP contribution is 2.18. The number of hydrogen-bond donors (Lipinski definition) is 2. The van der Waals surface area contributed by atoms with Gasteiger partial charge in [-0.15, -0.1) is 0 Å². The molecule has 0 aromatic heterocycles. The number of amides is 2. The van der Waals surface area contributed by atoms with Crippen LogP contribution in [0, 0.1) is 13.8 Å². The second kappa shape index (κ2) is 7.60. The first-order valence-corrected chi connectivity index (χ1v) is 8.90. The molecule has 2 aromatic rings. The van der Waals surface area contributed by atoms with Crippen LogP contribution in [0.25, 0.3) is 0 Å². The van der Waals surface area contributed by atoms with Gasteiger partial charge < -0.3 is 15.3 Å². The average molecular weight is 352 g/mol. The van der Waals surface area contributed by atoms with Crippen LogP contribution in [0.15, 0.2) is 42.5 Å². The van der Waals surface area contributed by atoms with Crippen LogP contribution >= 0.6 is 0 Å². The number of piperidine rings is 1. The number of phenolic OH excluding ortho intramolecular Hbond substituents is 1. The zero-order chi connectivity index (χ0) is 18.7. The fourth-order valence-corrected chi connectivity index (χ4v) is 3.20. The molecule has 2 aromatic carbocycles. The van der Waals surface area contributed by atoms with E-state index >= 15 is 0 Å². The molecule has 26 heavy (non-hydrogen) atoms. The molecule has 2 N–H and O–H groups in total. The topological polar surface area (TPSA) is 69.6 Å². The van der Waals surface area contributed by atoms with E-state index in [0.29, 0.717) is 24.2 Å². The largest absolute Gasteiger partial charge is 0.508 e. The molecule has 0 radical (unpaired) electrons. The van der Waals surface area contributed by atoms with E-state index in [0.717, 1.165) is 18.4 Å². The molecule has 0 atom stereocenters. The van der Waals surface area contributed by atoms with Crippen molar-refractivity contribution in [2.24, 2.45) is 0 Å². The van der Waals surface area contributed by atoms with Crippen LogP contribution in [0.3, 0.4) is 0 Å². The summed E-state index contributed by atoms with van der Waals surface area (Å²) < 4.78 is 0. The molecule has 3 rings (SSSR count). The Morgan fingerprint density at radius 2 is 1.73 bits per heavy atom. The van der Waals surface area contributed by atoms with E-state index in [4.69, 9.17) is 0 Å². The molecule has 0 aliphatic carbocycles. The third-order valence-electron chi connectivity index (χ3n) is 4.98. The second-order valence-electron chi connectivity index (χ2n) is 6.89. The number of nitrogens with one attached hydrogen (secondary N) is 1. The zero-order valence-electron chi connectivity index (χ0n) is 15.2. The first-order chi connectivity index (χ1) is 12.4. The number of carbonyl (C=O) groups excluding carboxylic acids is 2. The van der Waals surface area contributed by atoms with Crippen molar-refractivity contribution in [3.8, 4) is 5.75 Å². The molecule has 1 aliphatic rings. The summed E-state index contributed by atoms with van der Waals surface area (Å²) in [5.74, 6) is -0.0583. The number of carbonyl (C=O) groups is 2. The molecule has 1 fully saturated rings. The van der Waals surface area contributed by atoms with Gasteiger partial charge in [-0.1, -0.05) is 12.1 Å². The number of phenols is 1. The van der Waals surface area contributed by atoms with Crippen molar-refractivity contribution in [2.75, 3.05) is 13.1 Å². The fourth-order valence-electron chi connectivity index (χ4n) is 3.20. The van der Waals surface area contributed by atoms with Gasteiger partial charge in [-0.3, -0.25) is 9.59 Å². The van der Waals surface area contributed by atoms with E-state index in [1.165, 1.54) is 11.6 Å². The number of nitrogens with zero attached hydrogens (tertiary/aromatic N) is 1. The fraction of sp³-hybridized carbons (Fsp3) is 0.333. The highest BCUT2D eigenvalue weighted by atomic mass is 16.3. The normalized spacial score (nSPS) is 14.9. The van der Waals surface area contributed by atoms with Crippen LogP contribution in [-0.4, -0.2) is 41.0 Å². The molecule has 1 heterocycles. The van der Waals surface area contributed by atoms with E-state index in [9.17, 15) is 14.7 Å². The van der Waals surface area contributed by atoms with Crippen molar-refractivity contribution in [1.29, 1.82) is 0 Å². The molecule has 2 amide bonds. The summed E-state index contributed by atoms with van der Waals surface area (Å²) in [6.45, 7) is 5.20. The van der Waals surface area contributed by atoms with Gasteiger partial charge in [-0.05, 0) is 68.1 Å². The summed E-state index contributed by atoms with van der Waals surface area (Å²) in [6, 6.07) is 12.2. The molecule has 0 unspecified atom stereocenters. The summed E-state index contributed by atoms with van der Waals surface area (Å²) in [5, 5.41) is 12.6. The maximum Gasteiger partial charge on any atom is 0.253 e. The van der Waals surface area contributed by atoms with Crippen LogP contribution in [-0.2, 0) is 0 Å². The van der Waals surface area contributed by atoms with Gasteiger partial charge in [0.15, 0.2) is 0 Å². The first-order valence-electron chi connectivity index (χ1n) is 8.90. The summed E-state index contributed by atoms with van der Waals surface area (Å²) in [5.41, 5.74) is 3.43. The molecule has 0 bridgehead atoms. The molecule has 0 saturated carbocycles. The Bertz CT molecular complexity index is 824. The molecule has 0 spiro atoms. The van der Waals surface area contributed by atoms with Crippen molar-refractivity contribution in [3.05, 3.63) is 64.7 Å². The molecule has 1 aliphatic heterocycles. The minimum atomic E-state index is -0.0835. The molecule has 5 heteroatoms. The standard InChI is InChI=1S/C21H24N2O3/c1-14-6-7-16(12-15(14)2)20(25)22-18-8-10-23(11-9-18)21(26)17-4-3-5-19(24)13-17/h3-7,12-13,18,24H,8-11H2,1-2H3,(H,22,25). The third kappa shape index (κ3) is 4.04. The van der Waals surface area contributed by atoms with Gasteiger partial charge in [0.2, 0.25) is 0 Å². The Morgan fingerprint density at radius 3 is 2.38 bits per heavy atom. The Hall–Kier alpha value is -2.82. The van der Waals surface area contributed by atoms with E-state index < -0.39 is 0 Å². The number of aryl methyl sites for hydroxylation is 2. The van der Waals surface area contributed by atoms with Crippen LogP contribution in [0.1, 0.15) is 44.7 Å². The van der Waals surface area contributed by atoms with Gasteiger partial charge in [-0.25, -0.2) is 0 Å². The van der Waals surface area contributed by atoms with Crippen LogP contribution in [0.4, 0.5) is 0 Å². The number of likely N-dealkylation sites (tertiary alicyclic amines) is 1. The highest BCUT2D eigenvalue weighted by molar-refractivity contribution is 5.95. The Labute approximate surface area is 153 Å². The summed E-state index contributed by atoms with van der Waals surface area (Å²) in [4.78, 5) is 26.7. The number of aromatic hydroxyl groups is 1. The summed E-state index contributed by atoms with van der Waals surface area (Å²) in [6.07, 6.45) is 1.45. The van der Waals surface area contributed by atoms with Gasteiger partial charge in [0.25, 0.3) is 11.8 Å². The maximum absolute atomic E-state index is 12.5. The minimum Gasteiger partial charge on any atom is -0.508 e.